The smallest absolute Gasteiger partial charge is 0.438 e. The summed E-state index contributed by atoms with van der Waals surface area (Å²) < 4.78 is 8.97. The maximum Gasteiger partial charge on any atom is 0.508 e. The van der Waals surface area contributed by atoms with Crippen LogP contribution in [-0.2, 0) is 9.47 Å². The van der Waals surface area contributed by atoms with Crippen molar-refractivity contribution in [1.29, 1.82) is 0 Å². The second kappa shape index (κ2) is 7.62. The molecular formula is C12H16O3. The van der Waals surface area contributed by atoms with Crippen molar-refractivity contribution in [3.63, 3.8) is 0 Å². The summed E-state index contributed by atoms with van der Waals surface area (Å²) in [5, 5.41) is 0. The number of hydrogen-bond donors (Lipinski definition) is 0. The van der Waals surface area contributed by atoms with E-state index in [0.29, 0.717) is 0 Å². The van der Waals surface area contributed by atoms with Crippen LogP contribution in [0, 0.1) is 0 Å². The van der Waals surface area contributed by atoms with Gasteiger partial charge in [0.2, 0.25) is 0 Å². The van der Waals surface area contributed by atoms with Gasteiger partial charge in [0.1, 0.15) is 6.61 Å². The van der Waals surface area contributed by atoms with Crippen molar-refractivity contribution in [3.8, 4) is 0 Å². The molecule has 1 rings (SSSR count). The second-order valence-corrected chi connectivity index (χ2v) is 2.58. The lowest BCUT2D eigenvalue weighted by atomic mass is 10.2. The van der Waals surface area contributed by atoms with Gasteiger partial charge >= 0.3 is 6.16 Å². The Balaban J connectivity index is 0.00000196. The first-order valence-corrected chi connectivity index (χ1v) is 4.25. The van der Waals surface area contributed by atoms with E-state index < -0.39 is 6.16 Å². The predicted octanol–water partition coefficient (Wildman–Crippen LogP) is 3.12. The molecule has 0 aromatic heterocycles. The molecule has 1 aromatic carbocycles. The van der Waals surface area contributed by atoms with Crippen LogP contribution in [0.1, 0.15) is 13.0 Å². The lowest BCUT2D eigenvalue weighted by Gasteiger charge is -1.97. The van der Waals surface area contributed by atoms with E-state index in [2.05, 4.69) is 9.47 Å². The van der Waals surface area contributed by atoms with Gasteiger partial charge in [0.15, 0.2) is 0 Å². The van der Waals surface area contributed by atoms with Crippen LogP contribution in [-0.4, -0.2) is 19.9 Å². The van der Waals surface area contributed by atoms with E-state index in [1.165, 1.54) is 7.11 Å². The Morgan fingerprint density at radius 1 is 1.33 bits per heavy atom. The topological polar surface area (TPSA) is 35.5 Å². The largest absolute Gasteiger partial charge is 0.508 e. The molecule has 0 heterocycles. The normalized spacial score (nSPS) is 9.40. The van der Waals surface area contributed by atoms with Crippen LogP contribution in [0.4, 0.5) is 4.79 Å². The fourth-order valence-electron chi connectivity index (χ4n) is 0.923. The molecule has 0 bridgehead atoms. The van der Waals surface area contributed by atoms with E-state index in [4.69, 9.17) is 0 Å². The van der Waals surface area contributed by atoms with Crippen LogP contribution < -0.4 is 0 Å². The van der Waals surface area contributed by atoms with Crippen molar-refractivity contribution in [2.24, 2.45) is 0 Å². The van der Waals surface area contributed by atoms with Gasteiger partial charge in [0.05, 0.1) is 7.11 Å². The number of methoxy groups -OCH3 is 1. The van der Waals surface area contributed by atoms with Gasteiger partial charge < -0.3 is 9.47 Å². The van der Waals surface area contributed by atoms with E-state index in [-0.39, 0.29) is 14.0 Å². The van der Waals surface area contributed by atoms with Gasteiger partial charge in [-0.15, -0.1) is 0 Å². The van der Waals surface area contributed by atoms with E-state index in [1.807, 2.05) is 36.4 Å². The van der Waals surface area contributed by atoms with Crippen molar-refractivity contribution in [1.82, 2.24) is 0 Å². The van der Waals surface area contributed by atoms with Crippen molar-refractivity contribution in [2.45, 2.75) is 7.43 Å². The zero-order valence-electron chi connectivity index (χ0n) is 7.97. The Labute approximate surface area is 90.3 Å². The molecule has 0 atom stereocenters. The molecule has 0 aliphatic rings. The number of hydrogen-bond acceptors (Lipinski definition) is 3. The molecule has 82 valence electrons. The van der Waals surface area contributed by atoms with Crippen molar-refractivity contribution >= 4 is 12.2 Å². The molecule has 0 fully saturated rings. The van der Waals surface area contributed by atoms with Gasteiger partial charge in [0, 0.05) is 0 Å². The summed E-state index contributed by atoms with van der Waals surface area (Å²) in [4.78, 5) is 10.5. The minimum absolute atomic E-state index is 0. The molecule has 0 aliphatic carbocycles. The number of rotatable bonds is 3. The van der Waals surface area contributed by atoms with Crippen molar-refractivity contribution < 1.29 is 14.3 Å². The first-order valence-electron chi connectivity index (χ1n) is 4.25. The van der Waals surface area contributed by atoms with Gasteiger partial charge in [-0.3, -0.25) is 0 Å². The summed E-state index contributed by atoms with van der Waals surface area (Å²) in [6.45, 7) is 0.224. The molecule has 15 heavy (non-hydrogen) atoms. The molecule has 1 aromatic rings. The third-order valence-electron chi connectivity index (χ3n) is 1.57. The lowest BCUT2D eigenvalue weighted by Crippen LogP contribution is -2.03. The van der Waals surface area contributed by atoms with Gasteiger partial charge in [-0.05, 0) is 11.6 Å². The third kappa shape index (κ3) is 5.52. The van der Waals surface area contributed by atoms with Crippen LogP contribution in [0.25, 0.3) is 6.08 Å². The van der Waals surface area contributed by atoms with Crippen LogP contribution in [0.5, 0.6) is 0 Å². The van der Waals surface area contributed by atoms with Gasteiger partial charge in [0.25, 0.3) is 0 Å². The number of benzene rings is 1. The van der Waals surface area contributed by atoms with Gasteiger partial charge in [-0.2, -0.15) is 0 Å². The minimum Gasteiger partial charge on any atom is -0.438 e. The molecule has 0 N–H and O–H groups in total. The highest BCUT2D eigenvalue weighted by Gasteiger charge is 1.95. The SMILES string of the molecule is C.COC(=O)OC/C=C/c1ccccc1. The third-order valence-corrected chi connectivity index (χ3v) is 1.57. The second-order valence-electron chi connectivity index (χ2n) is 2.58. The van der Waals surface area contributed by atoms with Crippen molar-refractivity contribution in [2.75, 3.05) is 13.7 Å². The minimum atomic E-state index is -0.664. The Bertz CT molecular complexity index is 304. The molecule has 0 saturated carbocycles. The molecule has 0 spiro atoms. The summed E-state index contributed by atoms with van der Waals surface area (Å²) in [5.41, 5.74) is 1.07. The summed E-state index contributed by atoms with van der Waals surface area (Å²) in [7, 11) is 1.28. The average Bonchev–Trinajstić information content (AvgIpc) is 2.25. The molecule has 3 heteroatoms. The fraction of sp³-hybridized carbons (Fsp3) is 0.250. The van der Waals surface area contributed by atoms with Crippen molar-refractivity contribution in [3.05, 3.63) is 42.0 Å². The number of carbonyl (C=O) groups excluding carboxylic acids is 1. The van der Waals surface area contributed by atoms with Gasteiger partial charge in [-0.1, -0.05) is 43.8 Å². The highest BCUT2D eigenvalue weighted by molar-refractivity contribution is 5.60. The Kier molecular flexibility index (Phi) is 6.72. The van der Waals surface area contributed by atoms with Crippen LogP contribution in [0.3, 0.4) is 0 Å². The predicted molar refractivity (Wildman–Crippen MR) is 60.6 cm³/mol. The average molecular weight is 208 g/mol. The number of ether oxygens (including phenoxy) is 2. The number of carbonyl (C=O) groups is 1. The maximum atomic E-state index is 10.5. The monoisotopic (exact) mass is 208 g/mol. The van der Waals surface area contributed by atoms with E-state index in [9.17, 15) is 4.79 Å². The Hall–Kier alpha value is -1.77. The molecule has 0 saturated heterocycles. The highest BCUT2D eigenvalue weighted by Crippen LogP contribution is 2.00. The Morgan fingerprint density at radius 3 is 2.60 bits per heavy atom. The molecule has 0 radical (unpaired) electrons. The molecule has 0 aliphatic heterocycles. The fourth-order valence-corrected chi connectivity index (χ4v) is 0.923. The molecular weight excluding hydrogens is 192 g/mol. The van der Waals surface area contributed by atoms with E-state index >= 15 is 0 Å². The quantitative estimate of drug-likeness (QED) is 0.716. The summed E-state index contributed by atoms with van der Waals surface area (Å²) in [6, 6.07) is 9.77. The molecule has 0 amide bonds. The summed E-state index contributed by atoms with van der Waals surface area (Å²) >= 11 is 0. The van der Waals surface area contributed by atoms with E-state index in [1.54, 1.807) is 6.08 Å². The first-order chi connectivity index (χ1) is 6.83. The van der Waals surface area contributed by atoms with Crippen LogP contribution in [0.2, 0.25) is 0 Å². The molecule has 0 unspecified atom stereocenters. The zero-order valence-corrected chi connectivity index (χ0v) is 7.97. The standard InChI is InChI=1S/C11H12O3.CH4/c1-13-11(12)14-9-5-8-10-6-3-2-4-7-10;/h2-8H,9H2,1H3;1H4/b8-5+;. The first kappa shape index (κ1) is 13.2. The maximum absolute atomic E-state index is 10.5. The summed E-state index contributed by atoms with van der Waals surface area (Å²) in [5.74, 6) is 0. The molecule has 3 nitrogen and oxygen atoms in total. The van der Waals surface area contributed by atoms with Crippen LogP contribution in [0.15, 0.2) is 36.4 Å². The van der Waals surface area contributed by atoms with Crippen LogP contribution >= 0.6 is 0 Å². The van der Waals surface area contributed by atoms with E-state index in [0.717, 1.165) is 5.56 Å². The summed E-state index contributed by atoms with van der Waals surface area (Å²) in [6.07, 6.45) is 2.97. The highest BCUT2D eigenvalue weighted by atomic mass is 16.7. The zero-order chi connectivity index (χ0) is 10.2. The lowest BCUT2D eigenvalue weighted by molar-refractivity contribution is 0.0819. The van der Waals surface area contributed by atoms with Gasteiger partial charge in [-0.25, -0.2) is 4.79 Å². The Morgan fingerprint density at radius 2 is 2.00 bits per heavy atom.